The van der Waals surface area contributed by atoms with Gasteiger partial charge in [0.15, 0.2) is 0 Å². The first-order valence-corrected chi connectivity index (χ1v) is 27.2. The molecule has 0 radical (unpaired) electrons. The van der Waals surface area contributed by atoms with E-state index in [2.05, 4.69) is 46.9 Å². The second kappa shape index (κ2) is 19.5. The second-order valence-electron chi connectivity index (χ2n) is 14.7. The van der Waals surface area contributed by atoms with E-state index in [1.807, 2.05) is 24.0 Å². The standard InChI is InChI=1S/C14H13N4O3.C14H16N4O2.3C4H9.Sn/c19-10-16-5-7-17(8-6-16)14-4-1-11-9-12(18(20)21)2-3-13(11)15-14;1-10-8-14(17-6-4-15-5-7-17)16-13-3-2-11(18(19)20)9-12(10)13;3*1-3-4-2;/h2-4,9-10H,5-8H2;2-3,8-9,15H,4-7H2,1H3;3*1,3-4H2,2H3;. The van der Waals surface area contributed by atoms with E-state index in [1.54, 1.807) is 24.3 Å². The number of nitro benzene ring substituents is 2. The molecule has 0 bridgehead atoms. The van der Waals surface area contributed by atoms with Crippen molar-refractivity contribution in [2.24, 2.45) is 0 Å². The normalized spacial score (nSPS) is 14.9. The molecule has 2 saturated heterocycles. The molecule has 4 aromatic rings. The number of aromatic nitrogens is 2. The first kappa shape index (κ1) is 41.1. The summed E-state index contributed by atoms with van der Waals surface area (Å²) in [7, 11) is 0. The number of nitro groups is 2. The molecule has 0 unspecified atom stereocenters. The molecule has 0 aliphatic carbocycles. The van der Waals surface area contributed by atoms with E-state index >= 15 is 0 Å². The summed E-state index contributed by atoms with van der Waals surface area (Å²) >= 11 is -2.91. The summed E-state index contributed by atoms with van der Waals surface area (Å²) in [6.07, 6.45) is 8.17. The first-order valence-electron chi connectivity index (χ1n) is 19.7. The maximum absolute atomic E-state index is 11.7. The van der Waals surface area contributed by atoms with Crippen LogP contribution in [-0.2, 0) is 4.79 Å². The summed E-state index contributed by atoms with van der Waals surface area (Å²) < 4.78 is 5.33. The van der Waals surface area contributed by atoms with Crippen LogP contribution < -0.4 is 18.7 Å². The van der Waals surface area contributed by atoms with E-state index in [9.17, 15) is 25.0 Å². The molecule has 290 valence electrons. The van der Waals surface area contributed by atoms with Crippen molar-refractivity contribution in [1.29, 1.82) is 0 Å². The molecule has 1 N–H and O–H groups in total. The quantitative estimate of drug-likeness (QED) is 0.0557. The van der Waals surface area contributed by atoms with Crippen molar-refractivity contribution in [2.45, 2.75) is 79.5 Å². The van der Waals surface area contributed by atoms with Gasteiger partial charge >= 0.3 is 208 Å². The van der Waals surface area contributed by atoms with Gasteiger partial charge in [0.25, 0.3) is 5.69 Å². The molecule has 2 aromatic heterocycles. The Hall–Kier alpha value is -4.11. The number of carbonyl (C=O) groups is 1. The van der Waals surface area contributed by atoms with Gasteiger partial charge in [-0.05, 0) is 24.6 Å². The van der Waals surface area contributed by atoms with Crippen molar-refractivity contribution in [2.75, 3.05) is 62.2 Å². The summed E-state index contributed by atoms with van der Waals surface area (Å²) in [5, 5.41) is 27.7. The van der Waals surface area contributed by atoms with Gasteiger partial charge < -0.3 is 10.2 Å². The van der Waals surface area contributed by atoms with Crippen LogP contribution in [0.2, 0.25) is 13.3 Å². The van der Waals surface area contributed by atoms with Crippen molar-refractivity contribution < 1.29 is 14.6 Å². The fraction of sp³-hybridized carbons (Fsp3) is 0.525. The average molecular weight is 848 g/mol. The van der Waals surface area contributed by atoms with Crippen LogP contribution in [0.3, 0.4) is 0 Å². The van der Waals surface area contributed by atoms with Gasteiger partial charge in [-0.25, -0.2) is 4.98 Å². The van der Waals surface area contributed by atoms with Gasteiger partial charge in [0, 0.05) is 43.7 Å². The van der Waals surface area contributed by atoms with Crippen LogP contribution in [0.4, 0.5) is 23.0 Å². The zero-order chi connectivity index (χ0) is 38.7. The molecule has 54 heavy (non-hydrogen) atoms. The number of rotatable bonds is 15. The van der Waals surface area contributed by atoms with Crippen LogP contribution in [0.5, 0.6) is 0 Å². The summed E-state index contributed by atoms with van der Waals surface area (Å²) in [5.74, 6) is 1.93. The Bertz CT molecular complexity index is 1890. The number of fused-ring (bicyclic) bond motifs is 2. The van der Waals surface area contributed by atoms with E-state index < -0.39 is 18.4 Å². The second-order valence-corrected chi connectivity index (χ2v) is 27.8. The predicted molar refractivity (Wildman–Crippen MR) is 221 cm³/mol. The average Bonchev–Trinajstić information content (AvgIpc) is 3.20. The third-order valence-corrected chi connectivity index (χ3v) is 26.7. The molecular formula is C40H56N8O5Sn. The fourth-order valence-electron chi connectivity index (χ4n) is 7.83. The number of nitrogens with zero attached hydrogens (tertiary/aromatic N) is 7. The van der Waals surface area contributed by atoms with Gasteiger partial charge in [-0.15, -0.1) is 0 Å². The molecule has 1 amide bonds. The monoisotopic (exact) mass is 848 g/mol. The third-order valence-electron chi connectivity index (χ3n) is 11.0. The number of nitrogens with one attached hydrogen (secondary N) is 1. The first-order chi connectivity index (χ1) is 26.1. The van der Waals surface area contributed by atoms with E-state index in [4.69, 9.17) is 4.98 Å². The molecule has 0 atom stereocenters. The molecule has 4 heterocycles. The molecule has 2 fully saturated rings. The van der Waals surface area contributed by atoms with Crippen LogP contribution in [-0.4, -0.2) is 102 Å². The Morgan fingerprint density at radius 1 is 0.704 bits per heavy atom. The minimum atomic E-state index is -2.91. The molecule has 0 spiro atoms. The Kier molecular flexibility index (Phi) is 14.8. The van der Waals surface area contributed by atoms with E-state index in [0.717, 1.165) is 84.7 Å². The summed E-state index contributed by atoms with van der Waals surface area (Å²) in [6.45, 7) is 15.5. The maximum Gasteiger partial charge on any atom is 0.270 e. The Labute approximate surface area is 322 Å². The van der Waals surface area contributed by atoms with Gasteiger partial charge in [-0.1, -0.05) is 0 Å². The van der Waals surface area contributed by atoms with Crippen molar-refractivity contribution in [3.05, 3.63) is 74.3 Å². The molecule has 2 aliphatic rings. The summed E-state index contributed by atoms with van der Waals surface area (Å²) in [4.78, 5) is 49.0. The maximum atomic E-state index is 11.7. The number of piperazine rings is 2. The number of unbranched alkanes of at least 4 members (excludes halogenated alkanes) is 3. The number of non-ortho nitro benzene ring substituents is 2. The zero-order valence-corrected chi connectivity index (χ0v) is 35.2. The summed E-state index contributed by atoms with van der Waals surface area (Å²) in [6, 6.07) is 14.4. The third kappa shape index (κ3) is 9.95. The van der Waals surface area contributed by atoms with E-state index in [1.165, 1.54) is 61.5 Å². The number of benzene rings is 2. The van der Waals surface area contributed by atoms with Crippen LogP contribution in [0.25, 0.3) is 21.8 Å². The van der Waals surface area contributed by atoms with Crippen LogP contribution in [0.1, 0.15) is 64.9 Å². The van der Waals surface area contributed by atoms with Crippen LogP contribution in [0, 0.1) is 27.2 Å². The number of anilines is 2. The zero-order valence-electron chi connectivity index (χ0n) is 32.4. The smallest absolute Gasteiger partial charge is 0.270 e. The van der Waals surface area contributed by atoms with Gasteiger partial charge in [0.1, 0.15) is 5.82 Å². The van der Waals surface area contributed by atoms with Crippen molar-refractivity contribution >= 4 is 73.2 Å². The number of hydrogen-bond donors (Lipinski definition) is 1. The molecule has 0 saturated carbocycles. The van der Waals surface area contributed by atoms with Crippen LogP contribution >= 0.6 is 0 Å². The minimum absolute atomic E-state index is 0.109. The van der Waals surface area contributed by atoms with Crippen LogP contribution in [0.15, 0.2) is 48.5 Å². The minimum Gasteiger partial charge on any atom is -0.354 e. The molecule has 6 rings (SSSR count). The number of pyridine rings is 2. The van der Waals surface area contributed by atoms with Crippen molar-refractivity contribution in [3.63, 3.8) is 0 Å². The number of amides is 1. The van der Waals surface area contributed by atoms with Crippen molar-refractivity contribution in [1.82, 2.24) is 20.2 Å². The summed E-state index contributed by atoms with van der Waals surface area (Å²) in [5.41, 5.74) is 2.97. The fourth-order valence-corrected chi connectivity index (χ4v) is 24.5. The Balaban J connectivity index is 0.000000237. The number of carbonyl (C=O) groups excluding carboxylic acids is 1. The SMILES string of the molecule is CCC[CH2][Sn]([CH2]CCC)([CH2]CCC)[c]1cc(N2CCN(C=O)CC2)nc2ccc([N+](=O)[O-])cc12.Cc1cc(N2CCNCC2)nc2ccc([N+](=O)[O-])cc12. The van der Waals surface area contributed by atoms with Gasteiger partial charge in [-0.2, -0.15) is 0 Å². The Morgan fingerprint density at radius 3 is 1.69 bits per heavy atom. The largest absolute Gasteiger partial charge is 0.354 e. The number of hydrogen-bond acceptors (Lipinski definition) is 10. The van der Waals surface area contributed by atoms with Gasteiger partial charge in [0.05, 0.1) is 10.4 Å². The molecule has 13 nitrogen and oxygen atoms in total. The van der Waals surface area contributed by atoms with Crippen molar-refractivity contribution in [3.8, 4) is 0 Å². The van der Waals surface area contributed by atoms with Gasteiger partial charge in [-0.3, -0.25) is 10.1 Å². The van der Waals surface area contributed by atoms with E-state index in [0.29, 0.717) is 13.1 Å². The Morgan fingerprint density at radius 2 is 1.19 bits per heavy atom. The topological polar surface area (TPSA) is 151 Å². The molecular weight excluding hydrogens is 791 g/mol. The molecule has 2 aromatic carbocycles. The van der Waals surface area contributed by atoms with E-state index in [-0.39, 0.29) is 21.2 Å². The predicted octanol–water partition coefficient (Wildman–Crippen LogP) is 7.34. The number of aryl methyl sites for hydroxylation is 1. The molecule has 2 aliphatic heterocycles. The van der Waals surface area contributed by atoms with Gasteiger partial charge in [0.2, 0.25) is 0 Å². The molecule has 14 heteroatoms.